The molecule has 0 atom stereocenters. The molecule has 0 spiro atoms. The first kappa shape index (κ1) is 11.8. The van der Waals surface area contributed by atoms with Gasteiger partial charge in [0, 0.05) is 0 Å². The SMILES string of the molecule is CC(C)Oc1c(Br)ccc(N)c1[N+](=O)[O-]. The summed E-state index contributed by atoms with van der Waals surface area (Å²) >= 11 is 3.19. The van der Waals surface area contributed by atoms with Gasteiger partial charge in [-0.15, -0.1) is 0 Å². The molecule has 0 aromatic heterocycles. The van der Waals surface area contributed by atoms with E-state index < -0.39 is 4.92 Å². The molecule has 0 aliphatic heterocycles. The quantitative estimate of drug-likeness (QED) is 0.522. The van der Waals surface area contributed by atoms with Crippen LogP contribution in [0.25, 0.3) is 0 Å². The third kappa shape index (κ3) is 2.59. The van der Waals surface area contributed by atoms with Crippen LogP contribution < -0.4 is 10.5 Å². The lowest BCUT2D eigenvalue weighted by atomic mass is 10.2. The maximum atomic E-state index is 10.8. The van der Waals surface area contributed by atoms with Crippen LogP contribution in [0.15, 0.2) is 16.6 Å². The van der Waals surface area contributed by atoms with Crippen molar-refractivity contribution in [1.29, 1.82) is 0 Å². The Labute approximate surface area is 95.5 Å². The molecule has 6 heteroatoms. The Morgan fingerprint density at radius 1 is 1.53 bits per heavy atom. The van der Waals surface area contributed by atoms with Crippen molar-refractivity contribution in [1.82, 2.24) is 0 Å². The molecule has 0 unspecified atom stereocenters. The van der Waals surface area contributed by atoms with E-state index in [1.807, 2.05) is 0 Å². The third-order valence-electron chi connectivity index (χ3n) is 1.65. The highest BCUT2D eigenvalue weighted by Gasteiger charge is 2.23. The summed E-state index contributed by atoms with van der Waals surface area (Å²) in [6, 6.07) is 3.09. The summed E-state index contributed by atoms with van der Waals surface area (Å²) in [7, 11) is 0. The Kier molecular flexibility index (Phi) is 3.52. The van der Waals surface area contributed by atoms with Crippen molar-refractivity contribution >= 4 is 27.3 Å². The lowest BCUT2D eigenvalue weighted by molar-refractivity contribution is -0.385. The number of nitrogens with two attached hydrogens (primary N) is 1. The molecule has 2 N–H and O–H groups in total. The van der Waals surface area contributed by atoms with E-state index in [0.717, 1.165) is 0 Å². The van der Waals surface area contributed by atoms with Crippen LogP contribution in [0.4, 0.5) is 11.4 Å². The van der Waals surface area contributed by atoms with E-state index in [2.05, 4.69) is 15.9 Å². The molecule has 0 radical (unpaired) electrons. The van der Waals surface area contributed by atoms with Gasteiger partial charge in [-0.2, -0.15) is 0 Å². The number of nitrogens with zero attached hydrogens (tertiary/aromatic N) is 1. The third-order valence-corrected chi connectivity index (χ3v) is 2.28. The first-order valence-electron chi connectivity index (χ1n) is 4.32. The van der Waals surface area contributed by atoms with E-state index in [1.54, 1.807) is 19.9 Å². The van der Waals surface area contributed by atoms with Crippen LogP contribution in [-0.2, 0) is 0 Å². The Morgan fingerprint density at radius 2 is 2.13 bits per heavy atom. The molecule has 0 aliphatic rings. The fraction of sp³-hybridized carbons (Fsp3) is 0.333. The molecule has 0 amide bonds. The van der Waals surface area contributed by atoms with Crippen molar-refractivity contribution in [3.05, 3.63) is 26.7 Å². The van der Waals surface area contributed by atoms with Crippen molar-refractivity contribution < 1.29 is 9.66 Å². The number of rotatable bonds is 3. The predicted octanol–water partition coefficient (Wildman–Crippen LogP) is 2.73. The number of nitro benzene ring substituents is 1. The van der Waals surface area contributed by atoms with Gasteiger partial charge < -0.3 is 10.5 Å². The maximum absolute atomic E-state index is 10.8. The lowest BCUT2D eigenvalue weighted by Crippen LogP contribution is -2.09. The van der Waals surface area contributed by atoms with Crippen LogP contribution in [0.3, 0.4) is 0 Å². The van der Waals surface area contributed by atoms with Gasteiger partial charge in [0.05, 0.1) is 15.5 Å². The van der Waals surface area contributed by atoms with E-state index in [-0.39, 0.29) is 23.2 Å². The molecule has 1 aromatic carbocycles. The van der Waals surface area contributed by atoms with Gasteiger partial charge >= 0.3 is 5.69 Å². The molecule has 0 saturated heterocycles. The van der Waals surface area contributed by atoms with Crippen molar-refractivity contribution in [2.45, 2.75) is 20.0 Å². The Bertz CT molecular complexity index is 393. The van der Waals surface area contributed by atoms with Crippen LogP contribution in [0.2, 0.25) is 0 Å². The van der Waals surface area contributed by atoms with E-state index in [0.29, 0.717) is 4.47 Å². The highest BCUT2D eigenvalue weighted by Crippen LogP contribution is 2.39. The zero-order valence-electron chi connectivity index (χ0n) is 8.36. The average Bonchev–Trinajstić information content (AvgIpc) is 2.10. The molecule has 0 heterocycles. The number of nitro groups is 1. The molecule has 15 heavy (non-hydrogen) atoms. The van der Waals surface area contributed by atoms with Gasteiger partial charge in [0.1, 0.15) is 5.69 Å². The molecule has 5 nitrogen and oxygen atoms in total. The molecule has 0 fully saturated rings. The number of anilines is 1. The number of halogens is 1. The van der Waals surface area contributed by atoms with Gasteiger partial charge in [0.25, 0.3) is 0 Å². The first-order chi connectivity index (χ1) is 6.93. The second-order valence-corrected chi connectivity index (χ2v) is 4.09. The molecule has 82 valence electrons. The second-order valence-electron chi connectivity index (χ2n) is 3.24. The fourth-order valence-electron chi connectivity index (χ4n) is 1.10. The summed E-state index contributed by atoms with van der Waals surface area (Å²) in [6.07, 6.45) is -0.151. The van der Waals surface area contributed by atoms with Crippen LogP contribution in [0.1, 0.15) is 13.8 Å². The van der Waals surface area contributed by atoms with Crippen LogP contribution in [-0.4, -0.2) is 11.0 Å². The molecule has 0 aliphatic carbocycles. The largest absolute Gasteiger partial charge is 0.483 e. The van der Waals surface area contributed by atoms with Crippen molar-refractivity contribution in [2.24, 2.45) is 0 Å². The molecule has 0 bridgehead atoms. The van der Waals surface area contributed by atoms with Crippen molar-refractivity contribution in [2.75, 3.05) is 5.73 Å². The molecule has 1 rings (SSSR count). The smallest absolute Gasteiger partial charge is 0.334 e. The molecule has 1 aromatic rings. The Hall–Kier alpha value is -1.30. The first-order valence-corrected chi connectivity index (χ1v) is 5.11. The highest BCUT2D eigenvalue weighted by molar-refractivity contribution is 9.10. The zero-order valence-corrected chi connectivity index (χ0v) is 9.95. The number of ether oxygens (including phenoxy) is 1. The number of benzene rings is 1. The van der Waals surface area contributed by atoms with E-state index in [9.17, 15) is 10.1 Å². The van der Waals surface area contributed by atoms with E-state index in [4.69, 9.17) is 10.5 Å². The molecule has 0 saturated carbocycles. The maximum Gasteiger partial charge on any atom is 0.334 e. The predicted molar refractivity (Wildman–Crippen MR) is 61.0 cm³/mol. The van der Waals surface area contributed by atoms with Crippen molar-refractivity contribution in [3.63, 3.8) is 0 Å². The van der Waals surface area contributed by atoms with Crippen molar-refractivity contribution in [3.8, 4) is 5.75 Å². The van der Waals surface area contributed by atoms with Gasteiger partial charge in [-0.1, -0.05) is 0 Å². The van der Waals surface area contributed by atoms with Gasteiger partial charge in [-0.25, -0.2) is 0 Å². The monoisotopic (exact) mass is 274 g/mol. The van der Waals surface area contributed by atoms with Gasteiger partial charge in [0.2, 0.25) is 5.75 Å². The summed E-state index contributed by atoms with van der Waals surface area (Å²) in [5.41, 5.74) is 5.42. The van der Waals surface area contributed by atoms with Gasteiger partial charge in [0.15, 0.2) is 0 Å². The minimum Gasteiger partial charge on any atom is -0.483 e. The summed E-state index contributed by atoms with van der Waals surface area (Å²) < 4.78 is 5.87. The summed E-state index contributed by atoms with van der Waals surface area (Å²) in [5, 5.41) is 10.8. The summed E-state index contributed by atoms with van der Waals surface area (Å²) in [4.78, 5) is 10.3. The zero-order chi connectivity index (χ0) is 11.6. The van der Waals surface area contributed by atoms with Crippen LogP contribution in [0.5, 0.6) is 5.75 Å². The van der Waals surface area contributed by atoms with Gasteiger partial charge in [-0.3, -0.25) is 10.1 Å². The minimum absolute atomic E-state index is 0.0962. The molecular formula is C9H11BrN2O3. The van der Waals surface area contributed by atoms with Crippen LogP contribution in [0, 0.1) is 10.1 Å². The van der Waals surface area contributed by atoms with Crippen LogP contribution >= 0.6 is 15.9 Å². The summed E-state index contributed by atoms with van der Waals surface area (Å²) in [5.74, 6) is 0.176. The number of hydrogen-bond donors (Lipinski definition) is 1. The Morgan fingerprint density at radius 3 is 2.60 bits per heavy atom. The lowest BCUT2D eigenvalue weighted by Gasteiger charge is -2.12. The number of hydrogen-bond acceptors (Lipinski definition) is 4. The van der Waals surface area contributed by atoms with E-state index >= 15 is 0 Å². The number of nitrogen functional groups attached to an aromatic ring is 1. The Balaban J connectivity index is 3.31. The van der Waals surface area contributed by atoms with E-state index in [1.165, 1.54) is 6.07 Å². The van der Waals surface area contributed by atoms with Gasteiger partial charge in [-0.05, 0) is 41.9 Å². The molecular weight excluding hydrogens is 264 g/mol. The normalized spacial score (nSPS) is 10.4. The summed E-state index contributed by atoms with van der Waals surface area (Å²) in [6.45, 7) is 3.58. The topological polar surface area (TPSA) is 78.4 Å². The fourth-order valence-corrected chi connectivity index (χ4v) is 1.51. The minimum atomic E-state index is -0.544. The average molecular weight is 275 g/mol. The second kappa shape index (κ2) is 4.48. The highest BCUT2D eigenvalue weighted by atomic mass is 79.9. The standard InChI is InChI=1S/C9H11BrN2O3/c1-5(2)15-9-6(10)3-4-7(11)8(9)12(13)14/h3-5H,11H2,1-2H3.